The number of hydrogen-bond acceptors (Lipinski definition) is 2. The maximum Gasteiger partial charge on any atom is 0.248 e. The number of nitrogens with one attached hydrogen (secondary N) is 1. The normalized spacial score (nSPS) is 32.6. The van der Waals surface area contributed by atoms with Gasteiger partial charge in [0.05, 0.1) is 0 Å². The van der Waals surface area contributed by atoms with E-state index in [0.717, 1.165) is 6.42 Å². The van der Waals surface area contributed by atoms with Crippen LogP contribution in [0.3, 0.4) is 0 Å². The summed E-state index contributed by atoms with van der Waals surface area (Å²) in [5, 5.41) is 12.1. The van der Waals surface area contributed by atoms with Crippen LogP contribution in [0.15, 0.2) is 0 Å². The summed E-state index contributed by atoms with van der Waals surface area (Å²) >= 11 is 0. The molecular formula is C15H29NO2. The van der Waals surface area contributed by atoms with Gasteiger partial charge in [-0.05, 0) is 42.4 Å². The fourth-order valence-electron chi connectivity index (χ4n) is 3.52. The predicted molar refractivity (Wildman–Crippen MR) is 74.1 cm³/mol. The Labute approximate surface area is 111 Å². The van der Waals surface area contributed by atoms with Gasteiger partial charge in [0.2, 0.25) is 5.91 Å². The molecular weight excluding hydrogens is 226 g/mol. The largest absolute Gasteiger partial charge is 0.384 e. The third-order valence-electron chi connectivity index (χ3n) is 5.33. The van der Waals surface area contributed by atoms with Crippen LogP contribution in [0.25, 0.3) is 0 Å². The van der Waals surface area contributed by atoms with E-state index in [4.69, 9.17) is 0 Å². The van der Waals surface area contributed by atoms with Crippen LogP contribution in [0.1, 0.15) is 54.4 Å². The van der Waals surface area contributed by atoms with E-state index in [9.17, 15) is 9.90 Å². The third-order valence-corrected chi connectivity index (χ3v) is 5.33. The molecule has 1 saturated carbocycles. The highest BCUT2D eigenvalue weighted by molar-refractivity contribution is 5.80. The third kappa shape index (κ3) is 2.71. The van der Waals surface area contributed by atoms with Gasteiger partial charge >= 0.3 is 0 Å². The van der Waals surface area contributed by atoms with Crippen LogP contribution in [-0.4, -0.2) is 23.7 Å². The van der Waals surface area contributed by atoms with Crippen LogP contribution < -0.4 is 5.32 Å². The van der Waals surface area contributed by atoms with Crippen molar-refractivity contribution in [1.29, 1.82) is 0 Å². The Morgan fingerprint density at radius 3 is 2.28 bits per heavy atom. The van der Waals surface area contributed by atoms with Gasteiger partial charge in [0.1, 0.15) is 6.10 Å². The van der Waals surface area contributed by atoms with Crippen molar-refractivity contribution in [3.63, 3.8) is 0 Å². The molecule has 0 aromatic heterocycles. The van der Waals surface area contributed by atoms with E-state index < -0.39 is 6.10 Å². The van der Waals surface area contributed by atoms with Crippen LogP contribution in [0, 0.1) is 22.7 Å². The lowest BCUT2D eigenvalue weighted by atomic mass is 9.63. The molecule has 0 aromatic carbocycles. The minimum atomic E-state index is -0.918. The molecule has 1 fully saturated rings. The van der Waals surface area contributed by atoms with E-state index in [0.29, 0.717) is 18.4 Å². The van der Waals surface area contributed by atoms with Crippen molar-refractivity contribution in [1.82, 2.24) is 5.32 Å². The molecule has 1 aliphatic carbocycles. The fraction of sp³-hybridized carbons (Fsp3) is 0.933. The molecule has 1 aliphatic rings. The molecule has 0 bridgehead atoms. The highest BCUT2D eigenvalue weighted by Crippen LogP contribution is 2.57. The minimum absolute atomic E-state index is 0.118. The molecule has 1 amide bonds. The van der Waals surface area contributed by atoms with Crippen molar-refractivity contribution in [3.8, 4) is 0 Å². The molecule has 106 valence electrons. The maximum absolute atomic E-state index is 11.5. The second-order valence-corrected chi connectivity index (χ2v) is 7.07. The molecule has 3 atom stereocenters. The van der Waals surface area contributed by atoms with Gasteiger partial charge in [0.15, 0.2) is 0 Å². The molecule has 3 nitrogen and oxygen atoms in total. The van der Waals surface area contributed by atoms with E-state index in [2.05, 4.69) is 39.9 Å². The Bertz CT molecular complexity index is 310. The van der Waals surface area contributed by atoms with E-state index in [1.54, 1.807) is 0 Å². The van der Waals surface area contributed by atoms with Crippen molar-refractivity contribution >= 4 is 5.91 Å². The summed E-state index contributed by atoms with van der Waals surface area (Å²) in [5.41, 5.74) is 0.333. The van der Waals surface area contributed by atoms with Crippen molar-refractivity contribution in [2.24, 2.45) is 22.7 Å². The number of amides is 1. The monoisotopic (exact) mass is 255 g/mol. The quantitative estimate of drug-likeness (QED) is 0.811. The fourth-order valence-corrected chi connectivity index (χ4v) is 3.52. The number of carbonyl (C=O) groups excluding carboxylic acids is 1. The number of aliphatic hydroxyl groups excluding tert-OH is 1. The lowest BCUT2D eigenvalue weighted by Crippen LogP contribution is -2.46. The first-order chi connectivity index (χ1) is 8.12. The first kappa shape index (κ1) is 15.5. The molecule has 18 heavy (non-hydrogen) atoms. The van der Waals surface area contributed by atoms with Gasteiger partial charge in [-0.15, -0.1) is 0 Å². The Morgan fingerprint density at radius 2 is 1.89 bits per heavy atom. The molecule has 0 heterocycles. The lowest BCUT2D eigenvalue weighted by molar-refractivity contribution is -0.129. The number of hydrogen-bond donors (Lipinski definition) is 2. The highest BCUT2D eigenvalue weighted by Gasteiger charge is 2.51. The van der Waals surface area contributed by atoms with Crippen molar-refractivity contribution < 1.29 is 9.90 Å². The standard InChI is InChI=1S/C15H29NO2/c1-10(2)12-7-8-15(6,14(12,4)5)9-16-13(18)11(3)17/h10-12,17H,7-9H2,1-6H3,(H,16,18)/t11-,12?,15+/m0/s1. The molecule has 1 rings (SSSR count). The Kier molecular flexibility index (Phi) is 4.47. The summed E-state index contributed by atoms with van der Waals surface area (Å²) in [5.74, 6) is 1.11. The summed E-state index contributed by atoms with van der Waals surface area (Å²) in [6.45, 7) is 13.6. The predicted octanol–water partition coefficient (Wildman–Crippen LogP) is 2.58. The van der Waals surface area contributed by atoms with Crippen LogP contribution in [-0.2, 0) is 4.79 Å². The van der Waals surface area contributed by atoms with Crippen LogP contribution >= 0.6 is 0 Å². The van der Waals surface area contributed by atoms with E-state index >= 15 is 0 Å². The van der Waals surface area contributed by atoms with Gasteiger partial charge in [-0.2, -0.15) is 0 Å². The Balaban J connectivity index is 2.73. The molecule has 0 spiro atoms. The molecule has 2 N–H and O–H groups in total. The number of aliphatic hydroxyl groups is 1. The molecule has 0 saturated heterocycles. The first-order valence-electron chi connectivity index (χ1n) is 7.07. The Hall–Kier alpha value is -0.570. The highest BCUT2D eigenvalue weighted by atomic mass is 16.3. The van der Waals surface area contributed by atoms with Gasteiger partial charge in [-0.1, -0.05) is 34.6 Å². The van der Waals surface area contributed by atoms with Crippen LogP contribution in [0.4, 0.5) is 0 Å². The zero-order chi connectivity index (χ0) is 14.1. The van der Waals surface area contributed by atoms with Gasteiger partial charge in [0.25, 0.3) is 0 Å². The second-order valence-electron chi connectivity index (χ2n) is 7.07. The Morgan fingerprint density at radius 1 is 1.33 bits per heavy atom. The average molecular weight is 255 g/mol. The van der Waals surface area contributed by atoms with Gasteiger partial charge in [-0.25, -0.2) is 0 Å². The summed E-state index contributed by atoms with van der Waals surface area (Å²) in [4.78, 5) is 11.5. The average Bonchev–Trinajstić information content (AvgIpc) is 2.47. The summed E-state index contributed by atoms with van der Waals surface area (Å²) in [6.07, 6.45) is 1.45. The number of rotatable bonds is 4. The number of carbonyl (C=O) groups is 1. The van der Waals surface area contributed by atoms with Gasteiger partial charge in [-0.3, -0.25) is 4.79 Å². The summed E-state index contributed by atoms with van der Waals surface area (Å²) in [7, 11) is 0. The van der Waals surface area contributed by atoms with E-state index in [-0.39, 0.29) is 16.7 Å². The lowest BCUT2D eigenvalue weighted by Gasteiger charge is -2.43. The van der Waals surface area contributed by atoms with Crippen LogP contribution in [0.5, 0.6) is 0 Å². The summed E-state index contributed by atoms with van der Waals surface area (Å²) < 4.78 is 0. The molecule has 3 heteroatoms. The summed E-state index contributed by atoms with van der Waals surface area (Å²) in [6, 6.07) is 0. The van der Waals surface area contributed by atoms with Crippen molar-refractivity contribution in [2.45, 2.75) is 60.5 Å². The first-order valence-corrected chi connectivity index (χ1v) is 7.07. The zero-order valence-electron chi connectivity index (χ0n) is 12.7. The molecule has 0 radical (unpaired) electrons. The molecule has 0 aromatic rings. The van der Waals surface area contributed by atoms with Crippen molar-refractivity contribution in [2.75, 3.05) is 6.54 Å². The molecule has 0 aliphatic heterocycles. The maximum atomic E-state index is 11.5. The van der Waals surface area contributed by atoms with E-state index in [1.807, 2.05) is 0 Å². The second kappa shape index (κ2) is 5.20. The van der Waals surface area contributed by atoms with Crippen LogP contribution in [0.2, 0.25) is 0 Å². The zero-order valence-corrected chi connectivity index (χ0v) is 12.7. The van der Waals surface area contributed by atoms with Gasteiger partial charge < -0.3 is 10.4 Å². The SMILES string of the molecule is CC(C)C1CC[C@](C)(CNC(=O)[C@H](C)O)C1(C)C. The molecule has 1 unspecified atom stereocenters. The smallest absolute Gasteiger partial charge is 0.248 e. The topological polar surface area (TPSA) is 49.3 Å². The van der Waals surface area contributed by atoms with Crippen molar-refractivity contribution in [3.05, 3.63) is 0 Å². The van der Waals surface area contributed by atoms with E-state index in [1.165, 1.54) is 13.3 Å². The minimum Gasteiger partial charge on any atom is -0.384 e. The van der Waals surface area contributed by atoms with Gasteiger partial charge in [0, 0.05) is 6.54 Å².